The highest BCUT2D eigenvalue weighted by Crippen LogP contribution is 2.43. The van der Waals surface area contributed by atoms with Crippen LogP contribution in [-0.4, -0.2) is 66.3 Å². The molecule has 9 nitrogen and oxygen atoms in total. The number of esters is 1. The first-order valence-corrected chi connectivity index (χ1v) is 25.8. The summed E-state index contributed by atoms with van der Waals surface area (Å²) < 4.78 is 33.3. The normalized spacial score (nSPS) is 14.4. The van der Waals surface area contributed by atoms with E-state index < -0.39 is 45.8 Å². The van der Waals surface area contributed by atoms with Crippen LogP contribution in [0.5, 0.6) is 0 Å². The molecule has 0 rings (SSSR count). The Morgan fingerprint density at radius 2 is 0.883 bits per heavy atom. The first-order valence-electron chi connectivity index (χ1n) is 24.3. The molecule has 3 N–H and O–H groups in total. The summed E-state index contributed by atoms with van der Waals surface area (Å²) in [6.07, 6.45) is 55.2. The number of aliphatic hydroxyl groups is 2. The van der Waals surface area contributed by atoms with Crippen LogP contribution in [0.15, 0.2) is 60.8 Å². The zero-order valence-electron chi connectivity index (χ0n) is 38.4. The average Bonchev–Trinajstić information content (AvgIpc) is 3.24. The van der Waals surface area contributed by atoms with E-state index in [2.05, 4.69) is 56.4 Å². The van der Waals surface area contributed by atoms with Gasteiger partial charge in [-0.2, -0.15) is 0 Å². The average molecular weight is 867 g/mol. The standard InChI is InChI=1S/C50H91O9P/c1-3-5-7-9-11-13-15-17-19-20-21-22-23-24-25-26-27-29-31-33-35-37-39-41-43-56-46-49(47-58-60(54,55)57-45-48(52)44-51)59-50(53)42-40-38-36-34-32-30-28-18-16-14-12-10-8-6-4-2/h6,8,12,14,18,28,32,34,38,40,48-49,51-52H,3-5,7,9-11,13,15-17,19-27,29-31,33,35-37,39,41-47H2,1-2H3,(H,54,55)/b8-6-,14-12-,28-18-,34-32-,40-38-. The summed E-state index contributed by atoms with van der Waals surface area (Å²) in [5.74, 6) is -0.507. The minimum atomic E-state index is -4.55. The summed E-state index contributed by atoms with van der Waals surface area (Å²) >= 11 is 0. The molecule has 3 unspecified atom stereocenters. The molecule has 0 fully saturated rings. The lowest BCUT2D eigenvalue weighted by Gasteiger charge is -2.20. The molecule has 0 bridgehead atoms. The molecule has 0 amide bonds. The molecule has 0 aromatic rings. The number of aliphatic hydroxyl groups excluding tert-OH is 2. The molecule has 3 atom stereocenters. The van der Waals surface area contributed by atoms with Crippen LogP contribution in [0.4, 0.5) is 0 Å². The SMILES string of the molecule is CC/C=C\C/C=C\C/C=C\C/C=C\C/C=C\CC(=O)OC(COCCCCCCCCCCCCCCCCCCCCCCCCCC)COP(=O)(O)OCC(O)CO. The Bertz CT molecular complexity index is 1120. The third-order valence-corrected chi connectivity index (χ3v) is 11.2. The molecule has 60 heavy (non-hydrogen) atoms. The quantitative estimate of drug-likeness (QED) is 0.0237. The molecule has 350 valence electrons. The molecular weight excluding hydrogens is 776 g/mol. The lowest BCUT2D eigenvalue weighted by molar-refractivity contribution is -0.153. The summed E-state index contributed by atoms with van der Waals surface area (Å²) in [5, 5.41) is 18.4. The number of rotatable bonds is 46. The van der Waals surface area contributed by atoms with Gasteiger partial charge in [0.15, 0.2) is 0 Å². The summed E-state index contributed by atoms with van der Waals surface area (Å²) in [5.41, 5.74) is 0. The maximum atomic E-state index is 12.6. The monoisotopic (exact) mass is 867 g/mol. The third kappa shape index (κ3) is 45.7. The molecule has 0 aromatic carbocycles. The Kier molecular flexibility index (Phi) is 45.2. The van der Waals surface area contributed by atoms with Gasteiger partial charge in [0, 0.05) is 6.61 Å². The second-order valence-electron chi connectivity index (χ2n) is 16.1. The predicted octanol–water partition coefficient (Wildman–Crippen LogP) is 13.9. The van der Waals surface area contributed by atoms with Gasteiger partial charge in [-0.25, -0.2) is 4.57 Å². The largest absolute Gasteiger partial charge is 0.472 e. The van der Waals surface area contributed by atoms with E-state index in [4.69, 9.17) is 23.6 Å². The Morgan fingerprint density at radius 3 is 1.28 bits per heavy atom. The summed E-state index contributed by atoms with van der Waals surface area (Å²) in [6.45, 7) is 3.30. The molecule has 0 aliphatic rings. The van der Waals surface area contributed by atoms with Crippen LogP contribution in [0.2, 0.25) is 0 Å². The maximum Gasteiger partial charge on any atom is 0.472 e. The maximum absolute atomic E-state index is 12.6. The fourth-order valence-electron chi connectivity index (χ4n) is 6.61. The van der Waals surface area contributed by atoms with E-state index in [1.54, 1.807) is 6.08 Å². The van der Waals surface area contributed by atoms with Gasteiger partial charge in [0.05, 0.1) is 32.8 Å². The van der Waals surface area contributed by atoms with E-state index in [0.717, 1.165) is 44.9 Å². The van der Waals surface area contributed by atoms with Gasteiger partial charge < -0.3 is 24.6 Å². The lowest BCUT2D eigenvalue weighted by atomic mass is 10.0. The van der Waals surface area contributed by atoms with Crippen LogP contribution in [0.1, 0.15) is 206 Å². The van der Waals surface area contributed by atoms with E-state index in [0.29, 0.717) is 13.0 Å². The van der Waals surface area contributed by atoms with Crippen LogP contribution in [0.3, 0.4) is 0 Å². The number of carbonyl (C=O) groups excluding carboxylic acids is 1. The van der Waals surface area contributed by atoms with E-state index in [-0.39, 0.29) is 13.0 Å². The molecule has 10 heteroatoms. The van der Waals surface area contributed by atoms with Gasteiger partial charge in [0.2, 0.25) is 0 Å². The number of allylic oxidation sites excluding steroid dienone is 9. The van der Waals surface area contributed by atoms with Crippen LogP contribution in [-0.2, 0) is 27.9 Å². The van der Waals surface area contributed by atoms with Gasteiger partial charge >= 0.3 is 13.8 Å². The molecule has 0 heterocycles. The molecule has 0 saturated carbocycles. The summed E-state index contributed by atoms with van der Waals surface area (Å²) in [7, 11) is -4.55. The van der Waals surface area contributed by atoms with Gasteiger partial charge in [0.25, 0.3) is 0 Å². The second kappa shape index (κ2) is 46.7. The number of hydrogen-bond acceptors (Lipinski definition) is 8. The predicted molar refractivity (Wildman–Crippen MR) is 251 cm³/mol. The first-order chi connectivity index (χ1) is 29.3. The zero-order valence-corrected chi connectivity index (χ0v) is 39.3. The van der Waals surface area contributed by atoms with Gasteiger partial charge in [0.1, 0.15) is 12.2 Å². The number of hydrogen-bond donors (Lipinski definition) is 3. The number of unbranched alkanes of at least 4 members (excludes halogenated alkanes) is 23. The topological polar surface area (TPSA) is 132 Å². The van der Waals surface area contributed by atoms with Crippen LogP contribution in [0.25, 0.3) is 0 Å². The Morgan fingerprint density at radius 1 is 0.517 bits per heavy atom. The fraction of sp³-hybridized carbons (Fsp3) is 0.780. The van der Waals surface area contributed by atoms with Crippen molar-refractivity contribution in [1.29, 1.82) is 0 Å². The number of phosphoric ester groups is 1. The first kappa shape index (κ1) is 58.2. The van der Waals surface area contributed by atoms with E-state index in [1.807, 2.05) is 12.2 Å². The van der Waals surface area contributed by atoms with Crippen molar-refractivity contribution in [2.24, 2.45) is 0 Å². The molecule has 0 spiro atoms. The number of carbonyl (C=O) groups is 1. The minimum absolute atomic E-state index is 0.00995. The smallest absolute Gasteiger partial charge is 0.457 e. The molecular formula is C50H91O9P. The third-order valence-electron chi connectivity index (χ3n) is 10.3. The number of ether oxygens (including phenoxy) is 2. The van der Waals surface area contributed by atoms with Gasteiger partial charge in [-0.3, -0.25) is 13.8 Å². The van der Waals surface area contributed by atoms with Crippen LogP contribution in [0, 0.1) is 0 Å². The molecule has 0 aliphatic heterocycles. The Labute approximate surface area is 368 Å². The highest BCUT2D eigenvalue weighted by atomic mass is 31.2. The van der Waals surface area contributed by atoms with Crippen molar-refractivity contribution in [2.75, 3.05) is 33.0 Å². The molecule has 0 aromatic heterocycles. The van der Waals surface area contributed by atoms with E-state index in [9.17, 15) is 19.4 Å². The summed E-state index contributed by atoms with van der Waals surface area (Å²) in [4.78, 5) is 22.5. The van der Waals surface area contributed by atoms with Crippen molar-refractivity contribution in [3.8, 4) is 0 Å². The molecule has 0 radical (unpaired) electrons. The van der Waals surface area contributed by atoms with Crippen LogP contribution < -0.4 is 0 Å². The van der Waals surface area contributed by atoms with Crippen molar-refractivity contribution in [1.82, 2.24) is 0 Å². The number of phosphoric acid groups is 1. The highest BCUT2D eigenvalue weighted by Gasteiger charge is 2.26. The summed E-state index contributed by atoms with van der Waals surface area (Å²) in [6, 6.07) is 0. The minimum Gasteiger partial charge on any atom is -0.457 e. The van der Waals surface area contributed by atoms with Gasteiger partial charge in [-0.05, 0) is 38.5 Å². The van der Waals surface area contributed by atoms with E-state index >= 15 is 0 Å². The molecule has 0 saturated heterocycles. The molecule has 0 aliphatic carbocycles. The van der Waals surface area contributed by atoms with Crippen molar-refractivity contribution in [3.63, 3.8) is 0 Å². The van der Waals surface area contributed by atoms with Crippen molar-refractivity contribution in [3.05, 3.63) is 60.8 Å². The van der Waals surface area contributed by atoms with Crippen molar-refractivity contribution < 1.29 is 43.0 Å². The fourth-order valence-corrected chi connectivity index (χ4v) is 7.40. The second-order valence-corrected chi connectivity index (χ2v) is 17.6. The van der Waals surface area contributed by atoms with Crippen molar-refractivity contribution in [2.45, 2.75) is 219 Å². The van der Waals surface area contributed by atoms with E-state index in [1.165, 1.54) is 135 Å². The van der Waals surface area contributed by atoms with Crippen LogP contribution >= 0.6 is 7.82 Å². The zero-order chi connectivity index (χ0) is 43.9. The van der Waals surface area contributed by atoms with Crippen molar-refractivity contribution >= 4 is 13.8 Å². The van der Waals surface area contributed by atoms with Gasteiger partial charge in [-0.15, -0.1) is 0 Å². The highest BCUT2D eigenvalue weighted by molar-refractivity contribution is 7.47. The Hall–Kier alpha value is -1.84. The Balaban J connectivity index is 4.11. The lowest BCUT2D eigenvalue weighted by Crippen LogP contribution is -2.28. The van der Waals surface area contributed by atoms with Gasteiger partial charge in [-0.1, -0.05) is 222 Å².